The van der Waals surface area contributed by atoms with Crippen molar-refractivity contribution in [2.75, 3.05) is 0 Å². The summed E-state index contributed by atoms with van der Waals surface area (Å²) in [4.78, 5) is 10.7. The van der Waals surface area contributed by atoms with Gasteiger partial charge >= 0.3 is 6.18 Å². The van der Waals surface area contributed by atoms with Gasteiger partial charge in [0, 0.05) is 4.47 Å². The summed E-state index contributed by atoms with van der Waals surface area (Å²) in [6.45, 7) is 0. The minimum absolute atomic E-state index is 0.0345. The van der Waals surface area contributed by atoms with Crippen LogP contribution in [0.5, 0.6) is 0 Å². The Hall–Kier alpha value is -0.750. The van der Waals surface area contributed by atoms with E-state index in [9.17, 15) is 18.0 Å². The Balaban J connectivity index is 3.01. The van der Waals surface area contributed by atoms with Crippen LogP contribution in [-0.4, -0.2) is 11.3 Å². The smallest absolute Gasteiger partial charge is 0.368 e. The Kier molecular flexibility index (Phi) is 4.43. The summed E-state index contributed by atoms with van der Waals surface area (Å²) in [6.07, 6.45) is -4.49. The third-order valence-electron chi connectivity index (χ3n) is 2.06. The van der Waals surface area contributed by atoms with Crippen LogP contribution >= 0.6 is 27.5 Å². The van der Waals surface area contributed by atoms with Crippen LogP contribution in [0.2, 0.25) is 0 Å². The molecule has 2 nitrogen and oxygen atoms in total. The molecule has 7 heteroatoms. The van der Waals surface area contributed by atoms with Crippen molar-refractivity contribution in [3.8, 4) is 0 Å². The van der Waals surface area contributed by atoms with Crippen LogP contribution in [0.15, 0.2) is 22.7 Å². The lowest BCUT2D eigenvalue weighted by molar-refractivity contribution is -0.138. The van der Waals surface area contributed by atoms with E-state index in [4.69, 9.17) is 17.3 Å². The summed E-state index contributed by atoms with van der Waals surface area (Å²) in [6, 6.07) is 3.67. The molecule has 0 fully saturated rings. The van der Waals surface area contributed by atoms with Crippen LogP contribution in [0.3, 0.4) is 0 Å². The zero-order valence-corrected chi connectivity index (χ0v) is 10.7. The van der Waals surface area contributed by atoms with Crippen molar-refractivity contribution < 1.29 is 18.0 Å². The Labute approximate surface area is 109 Å². The molecule has 0 heterocycles. The predicted molar refractivity (Wildman–Crippen MR) is 61.7 cm³/mol. The monoisotopic (exact) mass is 329 g/mol. The molecule has 1 aromatic rings. The summed E-state index contributed by atoms with van der Waals surface area (Å²) >= 11 is 8.41. The van der Waals surface area contributed by atoms with Crippen molar-refractivity contribution in [2.24, 2.45) is 5.73 Å². The minimum Gasteiger partial charge on any atom is -0.368 e. The van der Waals surface area contributed by atoms with Gasteiger partial charge in [0.1, 0.15) is 5.38 Å². The van der Waals surface area contributed by atoms with Gasteiger partial charge in [-0.2, -0.15) is 13.2 Å². The van der Waals surface area contributed by atoms with Gasteiger partial charge in [0.25, 0.3) is 0 Å². The van der Waals surface area contributed by atoms with Gasteiger partial charge < -0.3 is 5.73 Å². The highest BCUT2D eigenvalue weighted by Gasteiger charge is 2.33. The Morgan fingerprint density at radius 2 is 2.06 bits per heavy atom. The highest BCUT2D eigenvalue weighted by Crippen LogP contribution is 2.35. The molecule has 94 valence electrons. The maximum Gasteiger partial charge on any atom is 0.417 e. The van der Waals surface area contributed by atoms with Crippen LogP contribution < -0.4 is 5.73 Å². The van der Waals surface area contributed by atoms with E-state index < -0.39 is 23.0 Å². The first-order chi connectivity index (χ1) is 7.71. The number of halogens is 5. The number of carbonyl (C=O) groups excluding carboxylic acids is 1. The van der Waals surface area contributed by atoms with E-state index in [0.717, 1.165) is 6.07 Å². The van der Waals surface area contributed by atoms with Crippen LogP contribution in [0, 0.1) is 0 Å². The zero-order valence-electron chi connectivity index (χ0n) is 8.39. The van der Waals surface area contributed by atoms with Crippen molar-refractivity contribution in [1.82, 2.24) is 0 Å². The molecule has 0 aliphatic carbocycles. The van der Waals surface area contributed by atoms with Crippen LogP contribution in [0.1, 0.15) is 11.1 Å². The second-order valence-electron chi connectivity index (χ2n) is 3.39. The largest absolute Gasteiger partial charge is 0.417 e. The number of hydrogen-bond acceptors (Lipinski definition) is 1. The lowest BCUT2D eigenvalue weighted by Gasteiger charge is -2.12. The quantitative estimate of drug-likeness (QED) is 0.850. The summed E-state index contributed by atoms with van der Waals surface area (Å²) < 4.78 is 37.7. The fourth-order valence-corrected chi connectivity index (χ4v) is 1.87. The van der Waals surface area contributed by atoms with E-state index in [-0.39, 0.29) is 10.9 Å². The van der Waals surface area contributed by atoms with Gasteiger partial charge in [-0.3, -0.25) is 4.79 Å². The molecule has 0 aromatic heterocycles. The van der Waals surface area contributed by atoms with Gasteiger partial charge in [0.2, 0.25) is 5.91 Å². The highest BCUT2D eigenvalue weighted by atomic mass is 79.9. The molecule has 1 unspecified atom stereocenters. The summed E-state index contributed by atoms with van der Waals surface area (Å²) in [5, 5.41) is -1.02. The Morgan fingerprint density at radius 3 is 2.53 bits per heavy atom. The van der Waals surface area contributed by atoms with Gasteiger partial charge in [-0.15, -0.1) is 11.6 Å². The normalized spacial score (nSPS) is 13.5. The van der Waals surface area contributed by atoms with Crippen molar-refractivity contribution in [1.29, 1.82) is 0 Å². The second-order valence-corrected chi connectivity index (χ2v) is 4.77. The summed E-state index contributed by atoms with van der Waals surface area (Å²) in [7, 11) is 0. The van der Waals surface area contributed by atoms with Gasteiger partial charge in [-0.25, -0.2) is 0 Å². The molecule has 0 spiro atoms. The number of hydrogen-bond donors (Lipinski definition) is 1. The molecule has 0 radical (unpaired) electrons. The molecule has 17 heavy (non-hydrogen) atoms. The molecule has 1 rings (SSSR count). The molecular formula is C10H8BrClF3NO. The molecule has 2 N–H and O–H groups in total. The van der Waals surface area contributed by atoms with Crippen LogP contribution in [-0.2, 0) is 17.4 Å². The SMILES string of the molecule is NC(=O)C(Cl)Cc1ccc(Br)c(C(F)(F)F)c1. The molecule has 1 amide bonds. The third kappa shape index (κ3) is 3.89. The average molecular weight is 331 g/mol. The van der Waals surface area contributed by atoms with E-state index in [1.807, 2.05) is 0 Å². The predicted octanol–water partition coefficient (Wildman–Crippen LogP) is 3.10. The van der Waals surface area contributed by atoms with Gasteiger partial charge in [0.15, 0.2) is 0 Å². The number of nitrogens with two attached hydrogens (primary N) is 1. The topological polar surface area (TPSA) is 43.1 Å². The molecule has 1 atom stereocenters. The number of rotatable bonds is 3. The minimum atomic E-state index is -4.45. The molecule has 0 aliphatic heterocycles. The van der Waals surface area contributed by atoms with Crippen LogP contribution in [0.25, 0.3) is 0 Å². The first kappa shape index (κ1) is 14.3. The first-order valence-electron chi connectivity index (χ1n) is 4.51. The van der Waals surface area contributed by atoms with Crippen molar-refractivity contribution in [3.05, 3.63) is 33.8 Å². The lowest BCUT2D eigenvalue weighted by Crippen LogP contribution is -2.25. The average Bonchev–Trinajstić information content (AvgIpc) is 2.19. The standard InChI is InChI=1S/C10H8BrClF3NO/c11-7-2-1-5(4-8(12)9(16)17)3-6(7)10(13,14)15/h1-3,8H,4H2,(H2,16,17). The zero-order chi connectivity index (χ0) is 13.2. The number of benzene rings is 1. The van der Waals surface area contributed by atoms with E-state index in [0.29, 0.717) is 5.56 Å². The summed E-state index contributed by atoms with van der Waals surface area (Å²) in [5.74, 6) is -0.761. The van der Waals surface area contributed by atoms with Crippen molar-refractivity contribution in [2.45, 2.75) is 18.0 Å². The lowest BCUT2D eigenvalue weighted by atomic mass is 10.1. The maximum atomic E-state index is 12.6. The Bertz CT molecular complexity index is 436. The number of alkyl halides is 4. The molecule has 0 aliphatic rings. The fraction of sp³-hybridized carbons (Fsp3) is 0.300. The highest BCUT2D eigenvalue weighted by molar-refractivity contribution is 9.10. The molecular weight excluding hydrogens is 322 g/mol. The van der Waals surface area contributed by atoms with Crippen LogP contribution in [0.4, 0.5) is 13.2 Å². The first-order valence-corrected chi connectivity index (χ1v) is 5.73. The van der Waals surface area contributed by atoms with E-state index >= 15 is 0 Å². The summed E-state index contributed by atoms with van der Waals surface area (Å²) in [5.41, 5.74) is 4.44. The Morgan fingerprint density at radius 1 is 1.47 bits per heavy atom. The van der Waals surface area contributed by atoms with Gasteiger partial charge in [0.05, 0.1) is 5.56 Å². The fourth-order valence-electron chi connectivity index (χ4n) is 1.22. The third-order valence-corrected chi connectivity index (χ3v) is 3.12. The van der Waals surface area contributed by atoms with E-state index in [2.05, 4.69) is 15.9 Å². The molecule has 1 aromatic carbocycles. The second kappa shape index (κ2) is 5.27. The molecule has 0 saturated heterocycles. The molecule has 0 bridgehead atoms. The number of primary amides is 1. The number of carbonyl (C=O) groups is 1. The van der Waals surface area contributed by atoms with Crippen molar-refractivity contribution in [3.63, 3.8) is 0 Å². The van der Waals surface area contributed by atoms with Crippen molar-refractivity contribution >= 4 is 33.4 Å². The van der Waals surface area contributed by atoms with E-state index in [1.165, 1.54) is 12.1 Å². The molecule has 0 saturated carbocycles. The number of amides is 1. The maximum absolute atomic E-state index is 12.6. The van der Waals surface area contributed by atoms with Gasteiger partial charge in [-0.05, 0) is 24.1 Å². The van der Waals surface area contributed by atoms with E-state index in [1.54, 1.807) is 0 Å². The van der Waals surface area contributed by atoms with Gasteiger partial charge in [-0.1, -0.05) is 22.0 Å².